The first-order valence-corrected chi connectivity index (χ1v) is 8.84. The first-order chi connectivity index (χ1) is 13.2. The summed E-state index contributed by atoms with van der Waals surface area (Å²) in [7, 11) is 0. The van der Waals surface area contributed by atoms with Crippen molar-refractivity contribution in [2.24, 2.45) is 0 Å². The molecular weight excluding hydrogens is 338 g/mol. The number of amides is 2. The topological polar surface area (TPSA) is 62.3 Å². The zero-order valence-electron chi connectivity index (χ0n) is 14.7. The van der Waals surface area contributed by atoms with Crippen LogP contribution >= 0.6 is 0 Å². The van der Waals surface area contributed by atoms with Gasteiger partial charge in [0.15, 0.2) is 0 Å². The Bertz CT molecular complexity index is 958. The monoisotopic (exact) mass is 357 g/mol. The summed E-state index contributed by atoms with van der Waals surface area (Å²) in [6, 6.07) is 20.1. The number of rotatable bonds is 5. The van der Waals surface area contributed by atoms with E-state index in [9.17, 15) is 9.59 Å². The fourth-order valence-electron chi connectivity index (χ4n) is 3.38. The highest BCUT2D eigenvalue weighted by Gasteiger charge is 2.40. The van der Waals surface area contributed by atoms with Crippen LogP contribution in [0.3, 0.4) is 0 Å². The molecule has 0 unspecified atom stereocenters. The molecule has 1 atom stereocenters. The van der Waals surface area contributed by atoms with Crippen LogP contribution in [0, 0.1) is 0 Å². The molecule has 1 N–H and O–H groups in total. The maximum absolute atomic E-state index is 13.0. The van der Waals surface area contributed by atoms with E-state index in [-0.39, 0.29) is 11.8 Å². The molecule has 1 aliphatic heterocycles. The van der Waals surface area contributed by atoms with Crippen molar-refractivity contribution in [3.63, 3.8) is 0 Å². The molecule has 0 spiro atoms. The summed E-state index contributed by atoms with van der Waals surface area (Å²) in [5.41, 5.74) is 3.25. The van der Waals surface area contributed by atoms with Crippen LogP contribution in [0.5, 0.6) is 0 Å². The van der Waals surface area contributed by atoms with Gasteiger partial charge in [0.25, 0.3) is 5.91 Å². The lowest BCUT2D eigenvalue weighted by Crippen LogP contribution is -2.38. The Labute approximate surface area is 157 Å². The fourth-order valence-corrected chi connectivity index (χ4v) is 3.38. The summed E-state index contributed by atoms with van der Waals surface area (Å²) in [5, 5.41) is 2.95. The first kappa shape index (κ1) is 17.0. The van der Waals surface area contributed by atoms with Gasteiger partial charge < -0.3 is 10.2 Å². The summed E-state index contributed by atoms with van der Waals surface area (Å²) < 4.78 is 0. The molecule has 134 valence electrons. The summed E-state index contributed by atoms with van der Waals surface area (Å²) in [5.74, 6) is -0.302. The Balaban J connectivity index is 1.60. The molecule has 2 aromatic carbocycles. The number of nitrogens with one attached hydrogen (secondary N) is 1. The van der Waals surface area contributed by atoms with Gasteiger partial charge in [-0.05, 0) is 28.8 Å². The van der Waals surface area contributed by atoms with Crippen molar-refractivity contribution < 1.29 is 9.59 Å². The number of nitrogens with zero attached hydrogens (tertiary/aromatic N) is 2. The van der Waals surface area contributed by atoms with Crippen LogP contribution in [0.25, 0.3) is 0 Å². The van der Waals surface area contributed by atoms with Gasteiger partial charge in [-0.2, -0.15) is 0 Å². The van der Waals surface area contributed by atoms with Crippen LogP contribution in [-0.4, -0.2) is 21.7 Å². The molecule has 1 aromatic heterocycles. The predicted molar refractivity (Wildman–Crippen MR) is 102 cm³/mol. The number of carbonyl (C=O) groups excluding carboxylic acids is 2. The van der Waals surface area contributed by atoms with Crippen LogP contribution < -0.4 is 5.32 Å². The molecular formula is C22H19N3O2. The second kappa shape index (κ2) is 7.41. The highest BCUT2D eigenvalue weighted by molar-refractivity contribution is 6.04. The Morgan fingerprint density at radius 1 is 0.963 bits per heavy atom. The first-order valence-electron chi connectivity index (χ1n) is 8.84. The highest BCUT2D eigenvalue weighted by atomic mass is 16.2. The normalized spacial score (nSPS) is 15.5. The molecule has 0 radical (unpaired) electrons. The molecule has 0 fully saturated rings. The maximum Gasteiger partial charge on any atom is 0.255 e. The van der Waals surface area contributed by atoms with Gasteiger partial charge in [0.2, 0.25) is 5.91 Å². The molecule has 3 aromatic rings. The van der Waals surface area contributed by atoms with E-state index in [1.54, 1.807) is 23.4 Å². The molecule has 0 saturated heterocycles. The van der Waals surface area contributed by atoms with E-state index >= 15 is 0 Å². The Morgan fingerprint density at radius 2 is 1.70 bits per heavy atom. The number of pyridine rings is 1. The number of hydrogen-bond acceptors (Lipinski definition) is 3. The van der Waals surface area contributed by atoms with Gasteiger partial charge in [0.1, 0.15) is 6.04 Å². The summed E-state index contributed by atoms with van der Waals surface area (Å²) in [6.07, 6.45) is 3.41. The number of benzene rings is 2. The van der Waals surface area contributed by atoms with Crippen LogP contribution in [0.15, 0.2) is 79.1 Å². The van der Waals surface area contributed by atoms with Gasteiger partial charge in [-0.15, -0.1) is 0 Å². The zero-order valence-corrected chi connectivity index (χ0v) is 14.7. The van der Waals surface area contributed by atoms with Crippen molar-refractivity contribution in [1.29, 1.82) is 0 Å². The van der Waals surface area contributed by atoms with E-state index in [1.807, 2.05) is 60.7 Å². The second-order valence-corrected chi connectivity index (χ2v) is 6.49. The Hall–Kier alpha value is -3.47. The lowest BCUT2D eigenvalue weighted by atomic mass is 10.0. The third-order valence-corrected chi connectivity index (χ3v) is 4.69. The van der Waals surface area contributed by atoms with Crippen molar-refractivity contribution in [3.8, 4) is 0 Å². The molecule has 1 aliphatic rings. The molecule has 5 nitrogen and oxygen atoms in total. The zero-order chi connectivity index (χ0) is 18.6. The molecule has 0 saturated carbocycles. The lowest BCUT2D eigenvalue weighted by molar-refractivity contribution is -0.125. The van der Waals surface area contributed by atoms with Crippen LogP contribution in [0.2, 0.25) is 0 Å². The number of hydrogen-bond donors (Lipinski definition) is 1. The minimum atomic E-state index is -0.634. The fraction of sp³-hybridized carbons (Fsp3) is 0.136. The molecule has 27 heavy (non-hydrogen) atoms. The molecule has 4 rings (SSSR count). The molecule has 0 aliphatic carbocycles. The third-order valence-electron chi connectivity index (χ3n) is 4.69. The lowest BCUT2D eigenvalue weighted by Gasteiger charge is -2.24. The van der Waals surface area contributed by atoms with Gasteiger partial charge in [-0.3, -0.25) is 14.6 Å². The molecule has 0 bridgehead atoms. The van der Waals surface area contributed by atoms with E-state index in [0.717, 1.165) is 16.7 Å². The van der Waals surface area contributed by atoms with E-state index in [1.165, 1.54) is 0 Å². The van der Waals surface area contributed by atoms with Crippen molar-refractivity contribution in [2.45, 2.75) is 19.1 Å². The van der Waals surface area contributed by atoms with Crippen LogP contribution in [0.4, 0.5) is 0 Å². The Morgan fingerprint density at radius 3 is 2.48 bits per heavy atom. The smallest absolute Gasteiger partial charge is 0.255 e. The number of aromatic nitrogens is 1. The third kappa shape index (κ3) is 3.44. The van der Waals surface area contributed by atoms with Crippen molar-refractivity contribution in [3.05, 3.63) is 101 Å². The number of carbonyl (C=O) groups is 2. The van der Waals surface area contributed by atoms with E-state index in [2.05, 4.69) is 10.3 Å². The molecule has 2 amide bonds. The van der Waals surface area contributed by atoms with Crippen LogP contribution in [-0.2, 0) is 17.9 Å². The Kier molecular flexibility index (Phi) is 4.66. The van der Waals surface area contributed by atoms with Gasteiger partial charge in [0.05, 0.1) is 0 Å². The van der Waals surface area contributed by atoms with Crippen molar-refractivity contribution in [2.75, 3.05) is 0 Å². The summed E-state index contributed by atoms with van der Waals surface area (Å²) in [4.78, 5) is 31.6. The SMILES string of the molecule is O=C(NCc1cccnc1)[C@H]1c2ccccc2C(=O)N1Cc1ccccc1. The highest BCUT2D eigenvalue weighted by Crippen LogP contribution is 2.35. The predicted octanol–water partition coefficient (Wildman–Crippen LogP) is 3.10. The van der Waals surface area contributed by atoms with Gasteiger partial charge in [-0.1, -0.05) is 54.6 Å². The largest absolute Gasteiger partial charge is 0.350 e. The maximum atomic E-state index is 13.0. The quantitative estimate of drug-likeness (QED) is 0.763. The van der Waals surface area contributed by atoms with E-state index < -0.39 is 6.04 Å². The average molecular weight is 357 g/mol. The van der Waals surface area contributed by atoms with E-state index in [4.69, 9.17) is 0 Å². The van der Waals surface area contributed by atoms with E-state index in [0.29, 0.717) is 18.7 Å². The molecule has 5 heteroatoms. The van der Waals surface area contributed by atoms with Crippen molar-refractivity contribution >= 4 is 11.8 Å². The minimum Gasteiger partial charge on any atom is -0.350 e. The standard InChI is InChI=1S/C22H19N3O2/c26-21(24-14-17-9-6-12-23-13-17)20-18-10-4-5-11-19(18)22(27)25(20)15-16-7-2-1-3-8-16/h1-13,20H,14-15H2,(H,24,26)/t20-/m1/s1. The second-order valence-electron chi connectivity index (χ2n) is 6.49. The summed E-state index contributed by atoms with van der Waals surface area (Å²) >= 11 is 0. The van der Waals surface area contributed by atoms with Gasteiger partial charge in [-0.25, -0.2) is 0 Å². The van der Waals surface area contributed by atoms with Crippen LogP contribution in [0.1, 0.15) is 33.1 Å². The minimum absolute atomic E-state index is 0.115. The van der Waals surface area contributed by atoms with Gasteiger partial charge in [0, 0.05) is 31.0 Å². The van der Waals surface area contributed by atoms with Crippen molar-refractivity contribution in [1.82, 2.24) is 15.2 Å². The average Bonchev–Trinajstić information content (AvgIpc) is 3.00. The molecule has 2 heterocycles. The summed E-state index contributed by atoms with van der Waals surface area (Å²) in [6.45, 7) is 0.762. The number of fused-ring (bicyclic) bond motifs is 1. The van der Waals surface area contributed by atoms with Gasteiger partial charge >= 0.3 is 0 Å².